The zero-order valence-electron chi connectivity index (χ0n) is 12.1. The van der Waals surface area contributed by atoms with Gasteiger partial charge >= 0.3 is 0 Å². The summed E-state index contributed by atoms with van der Waals surface area (Å²) >= 11 is 0. The van der Waals surface area contributed by atoms with Crippen LogP contribution in [0, 0.1) is 0 Å². The average molecular weight is 284 g/mol. The van der Waals surface area contributed by atoms with Crippen LogP contribution in [0.5, 0.6) is 0 Å². The fourth-order valence-corrected chi connectivity index (χ4v) is 2.32. The molecule has 0 aliphatic heterocycles. The Morgan fingerprint density at radius 3 is 2.47 bits per heavy atom. The SMILES string of the molecule is CCCNC(C)c1cccc(NS(=O)(=O)C(C)C)c1. The molecular weight excluding hydrogens is 260 g/mol. The number of nitrogens with one attached hydrogen (secondary N) is 2. The van der Waals surface area contributed by atoms with Gasteiger partial charge in [0, 0.05) is 11.7 Å². The second-order valence-corrected chi connectivity index (χ2v) is 7.23. The van der Waals surface area contributed by atoms with Crippen LogP contribution in [0.15, 0.2) is 24.3 Å². The van der Waals surface area contributed by atoms with Crippen LogP contribution in [0.1, 0.15) is 45.7 Å². The summed E-state index contributed by atoms with van der Waals surface area (Å²) in [6.45, 7) is 8.47. The molecule has 0 saturated carbocycles. The molecule has 2 N–H and O–H groups in total. The second-order valence-electron chi connectivity index (χ2n) is 5.00. The Balaban J connectivity index is 2.83. The lowest BCUT2D eigenvalue weighted by molar-refractivity contribution is 0.571. The van der Waals surface area contributed by atoms with Crippen molar-refractivity contribution in [1.29, 1.82) is 0 Å². The van der Waals surface area contributed by atoms with Crippen molar-refractivity contribution in [2.45, 2.75) is 45.4 Å². The van der Waals surface area contributed by atoms with Crippen LogP contribution < -0.4 is 10.0 Å². The van der Waals surface area contributed by atoms with Gasteiger partial charge < -0.3 is 5.32 Å². The van der Waals surface area contributed by atoms with Crippen molar-refractivity contribution in [2.75, 3.05) is 11.3 Å². The van der Waals surface area contributed by atoms with Crippen molar-refractivity contribution in [3.63, 3.8) is 0 Å². The molecule has 0 aliphatic carbocycles. The molecule has 1 unspecified atom stereocenters. The Morgan fingerprint density at radius 2 is 1.89 bits per heavy atom. The number of sulfonamides is 1. The molecule has 0 aromatic heterocycles. The number of benzene rings is 1. The van der Waals surface area contributed by atoms with Gasteiger partial charge in [0.2, 0.25) is 10.0 Å². The van der Waals surface area contributed by atoms with Gasteiger partial charge in [0.25, 0.3) is 0 Å². The van der Waals surface area contributed by atoms with Gasteiger partial charge in [-0.05, 0) is 51.4 Å². The molecule has 108 valence electrons. The molecule has 1 aromatic carbocycles. The predicted molar refractivity (Wildman–Crippen MR) is 80.8 cm³/mol. The molecule has 0 spiro atoms. The highest BCUT2D eigenvalue weighted by Gasteiger charge is 2.16. The van der Waals surface area contributed by atoms with Crippen LogP contribution in [-0.2, 0) is 10.0 Å². The molecule has 0 radical (unpaired) electrons. The molecule has 0 heterocycles. The molecule has 1 rings (SSSR count). The summed E-state index contributed by atoms with van der Waals surface area (Å²) in [6, 6.07) is 7.74. The van der Waals surface area contributed by atoms with Gasteiger partial charge in [0.05, 0.1) is 5.25 Å². The van der Waals surface area contributed by atoms with E-state index in [4.69, 9.17) is 0 Å². The first-order valence-electron chi connectivity index (χ1n) is 6.71. The van der Waals surface area contributed by atoms with E-state index >= 15 is 0 Å². The molecule has 5 heteroatoms. The van der Waals surface area contributed by atoms with Gasteiger partial charge in [-0.1, -0.05) is 19.1 Å². The number of rotatable bonds is 7. The van der Waals surface area contributed by atoms with Crippen LogP contribution >= 0.6 is 0 Å². The van der Waals surface area contributed by atoms with Crippen LogP contribution in [0.3, 0.4) is 0 Å². The number of hydrogen-bond acceptors (Lipinski definition) is 3. The van der Waals surface area contributed by atoms with Crippen LogP contribution in [-0.4, -0.2) is 20.2 Å². The normalized spacial score (nSPS) is 13.5. The standard InChI is InChI=1S/C14H24N2O2S/c1-5-9-15-12(4)13-7-6-8-14(10-13)16-19(17,18)11(2)3/h6-8,10-12,15-16H,5,9H2,1-4H3. The third kappa shape index (κ3) is 4.84. The maximum Gasteiger partial charge on any atom is 0.235 e. The summed E-state index contributed by atoms with van der Waals surface area (Å²) in [5.74, 6) is 0. The van der Waals surface area contributed by atoms with Gasteiger partial charge in [-0.3, -0.25) is 4.72 Å². The van der Waals surface area contributed by atoms with Gasteiger partial charge in [0.15, 0.2) is 0 Å². The monoisotopic (exact) mass is 284 g/mol. The van der Waals surface area contributed by atoms with Gasteiger partial charge in [-0.15, -0.1) is 0 Å². The van der Waals surface area contributed by atoms with E-state index in [0.29, 0.717) is 5.69 Å². The smallest absolute Gasteiger partial charge is 0.235 e. The minimum absolute atomic E-state index is 0.212. The van der Waals surface area contributed by atoms with E-state index in [0.717, 1.165) is 18.5 Å². The van der Waals surface area contributed by atoms with Crippen molar-refractivity contribution in [2.24, 2.45) is 0 Å². The third-order valence-corrected chi connectivity index (χ3v) is 4.73. The van der Waals surface area contributed by atoms with Gasteiger partial charge in [-0.25, -0.2) is 8.42 Å². The fraction of sp³-hybridized carbons (Fsp3) is 0.571. The van der Waals surface area contributed by atoms with E-state index in [1.165, 1.54) is 0 Å². The first kappa shape index (κ1) is 16.0. The summed E-state index contributed by atoms with van der Waals surface area (Å²) in [5.41, 5.74) is 1.70. The highest BCUT2D eigenvalue weighted by molar-refractivity contribution is 7.93. The van der Waals surface area contributed by atoms with Crippen molar-refractivity contribution < 1.29 is 8.42 Å². The molecule has 0 fully saturated rings. The van der Waals surface area contributed by atoms with Crippen LogP contribution in [0.25, 0.3) is 0 Å². The molecule has 0 bridgehead atoms. The van der Waals surface area contributed by atoms with Crippen molar-refractivity contribution in [3.05, 3.63) is 29.8 Å². The molecule has 0 amide bonds. The lowest BCUT2D eigenvalue weighted by Gasteiger charge is -2.16. The summed E-state index contributed by atoms with van der Waals surface area (Å²) in [4.78, 5) is 0. The largest absolute Gasteiger partial charge is 0.310 e. The third-order valence-electron chi connectivity index (χ3n) is 2.97. The molecule has 1 atom stereocenters. The summed E-state index contributed by atoms with van der Waals surface area (Å²) < 4.78 is 26.3. The predicted octanol–water partition coefficient (Wildman–Crippen LogP) is 2.90. The Morgan fingerprint density at radius 1 is 1.21 bits per heavy atom. The Labute approximate surface area is 116 Å². The molecule has 0 saturated heterocycles. The van der Waals surface area contributed by atoms with E-state index in [1.54, 1.807) is 19.9 Å². The summed E-state index contributed by atoms with van der Waals surface area (Å²) in [7, 11) is -3.28. The van der Waals surface area contributed by atoms with E-state index in [1.807, 2.05) is 18.2 Å². The highest BCUT2D eigenvalue weighted by Crippen LogP contribution is 2.19. The quantitative estimate of drug-likeness (QED) is 0.809. The number of hydrogen-bond donors (Lipinski definition) is 2. The molecular formula is C14H24N2O2S. The minimum Gasteiger partial charge on any atom is -0.310 e. The lowest BCUT2D eigenvalue weighted by atomic mass is 10.1. The Hall–Kier alpha value is -1.07. The van der Waals surface area contributed by atoms with Crippen molar-refractivity contribution in [3.8, 4) is 0 Å². The minimum atomic E-state index is -3.28. The number of anilines is 1. The summed E-state index contributed by atoms with van der Waals surface area (Å²) in [6.07, 6.45) is 1.07. The maximum atomic E-state index is 11.8. The Bertz CT molecular complexity index is 498. The molecule has 19 heavy (non-hydrogen) atoms. The van der Waals surface area contributed by atoms with Crippen LogP contribution in [0.2, 0.25) is 0 Å². The van der Waals surface area contributed by atoms with E-state index in [2.05, 4.69) is 23.9 Å². The van der Waals surface area contributed by atoms with Crippen LogP contribution in [0.4, 0.5) is 5.69 Å². The summed E-state index contributed by atoms with van der Waals surface area (Å²) in [5, 5.41) is 2.95. The zero-order valence-corrected chi connectivity index (χ0v) is 12.9. The first-order chi connectivity index (χ1) is 8.86. The van der Waals surface area contributed by atoms with Crippen molar-refractivity contribution >= 4 is 15.7 Å². The molecule has 0 aliphatic rings. The molecule has 4 nitrogen and oxygen atoms in total. The zero-order chi connectivity index (χ0) is 14.5. The fourth-order valence-electron chi connectivity index (χ4n) is 1.63. The van der Waals surface area contributed by atoms with E-state index < -0.39 is 15.3 Å². The topological polar surface area (TPSA) is 58.2 Å². The van der Waals surface area contributed by atoms with Gasteiger partial charge in [-0.2, -0.15) is 0 Å². The van der Waals surface area contributed by atoms with E-state index in [-0.39, 0.29) is 6.04 Å². The van der Waals surface area contributed by atoms with E-state index in [9.17, 15) is 8.42 Å². The van der Waals surface area contributed by atoms with Crippen molar-refractivity contribution in [1.82, 2.24) is 5.32 Å². The highest BCUT2D eigenvalue weighted by atomic mass is 32.2. The molecule has 1 aromatic rings. The first-order valence-corrected chi connectivity index (χ1v) is 8.26. The van der Waals surface area contributed by atoms with Gasteiger partial charge in [0.1, 0.15) is 0 Å². The lowest BCUT2D eigenvalue weighted by Crippen LogP contribution is -2.23. The Kier molecular flexibility index (Phi) is 5.82. The average Bonchev–Trinajstić information content (AvgIpc) is 2.35. The second kappa shape index (κ2) is 6.91. The maximum absolute atomic E-state index is 11.8.